The number of halogens is 3. The van der Waals surface area contributed by atoms with E-state index in [0.29, 0.717) is 36.2 Å². The van der Waals surface area contributed by atoms with Gasteiger partial charge in [-0.15, -0.1) is 0 Å². The molecular formula is C34H36F3N7O4. The highest BCUT2D eigenvalue weighted by molar-refractivity contribution is 6.05. The van der Waals surface area contributed by atoms with Gasteiger partial charge in [-0.2, -0.15) is 18.3 Å². The first-order valence-corrected chi connectivity index (χ1v) is 15.8. The van der Waals surface area contributed by atoms with E-state index in [4.69, 9.17) is 5.10 Å². The van der Waals surface area contributed by atoms with Crippen LogP contribution in [0.15, 0.2) is 60.9 Å². The lowest BCUT2D eigenvalue weighted by atomic mass is 9.95. The molecular weight excluding hydrogens is 627 g/mol. The van der Waals surface area contributed by atoms with Gasteiger partial charge in [-0.1, -0.05) is 18.2 Å². The Kier molecular flexibility index (Phi) is 8.96. The Morgan fingerprint density at radius 2 is 1.79 bits per heavy atom. The highest BCUT2D eigenvalue weighted by Crippen LogP contribution is 2.34. The van der Waals surface area contributed by atoms with Gasteiger partial charge < -0.3 is 15.7 Å². The topological polar surface area (TPSA) is 141 Å². The number of carbonyl (C=O) groups is 3. The van der Waals surface area contributed by atoms with E-state index in [2.05, 4.69) is 25.8 Å². The quantitative estimate of drug-likeness (QED) is 0.194. The Hall–Kier alpha value is -4.82. The Balaban J connectivity index is 1.13. The van der Waals surface area contributed by atoms with Gasteiger partial charge in [-0.3, -0.25) is 34.3 Å². The van der Waals surface area contributed by atoms with Crippen LogP contribution in [0.5, 0.6) is 0 Å². The van der Waals surface area contributed by atoms with Crippen LogP contribution in [0.2, 0.25) is 0 Å². The highest BCUT2D eigenvalue weighted by atomic mass is 19.4. The van der Waals surface area contributed by atoms with Crippen molar-refractivity contribution in [3.63, 3.8) is 0 Å². The molecule has 2 aromatic heterocycles. The van der Waals surface area contributed by atoms with Crippen molar-refractivity contribution in [3.05, 3.63) is 83.3 Å². The number of benzene rings is 2. The summed E-state index contributed by atoms with van der Waals surface area (Å²) in [5, 5.41) is 24.9. The molecule has 252 valence electrons. The number of nitrogens with one attached hydrogen (secondary N) is 3. The molecule has 2 fully saturated rings. The van der Waals surface area contributed by atoms with Crippen LogP contribution < -0.4 is 16.0 Å². The molecule has 2 aromatic carbocycles. The summed E-state index contributed by atoms with van der Waals surface area (Å²) in [5.74, 6) is -1.22. The van der Waals surface area contributed by atoms with Crippen molar-refractivity contribution >= 4 is 40.0 Å². The maximum Gasteiger partial charge on any atom is 0.433 e. The summed E-state index contributed by atoms with van der Waals surface area (Å²) < 4.78 is 40.7. The van der Waals surface area contributed by atoms with Gasteiger partial charge in [-0.05, 0) is 69.0 Å². The summed E-state index contributed by atoms with van der Waals surface area (Å²) in [5.41, 5.74) is 0.792. The smallest absolute Gasteiger partial charge is 0.386 e. The Morgan fingerprint density at radius 1 is 1.04 bits per heavy atom. The number of para-hydroxylation sites is 1. The molecule has 6 rings (SSSR count). The zero-order valence-electron chi connectivity index (χ0n) is 26.5. The van der Waals surface area contributed by atoms with Crippen LogP contribution in [0.1, 0.15) is 72.8 Å². The van der Waals surface area contributed by atoms with E-state index >= 15 is 0 Å². The molecule has 4 N–H and O–H groups in total. The molecule has 0 bridgehead atoms. The number of carbonyl (C=O) groups excluding carboxylic acids is 3. The lowest BCUT2D eigenvalue weighted by Gasteiger charge is -2.33. The monoisotopic (exact) mass is 663 g/mol. The third-order valence-electron chi connectivity index (χ3n) is 8.80. The molecule has 2 aliphatic rings. The fourth-order valence-corrected chi connectivity index (χ4v) is 6.18. The molecule has 14 heteroatoms. The number of fused-ring (bicyclic) bond motifs is 1. The number of hydrogen-bond acceptors (Lipinski definition) is 8. The second kappa shape index (κ2) is 13.0. The first-order valence-electron chi connectivity index (χ1n) is 15.8. The Morgan fingerprint density at radius 3 is 2.46 bits per heavy atom. The summed E-state index contributed by atoms with van der Waals surface area (Å²) in [4.78, 5) is 42.5. The number of imide groups is 1. The molecule has 0 radical (unpaired) electrons. The third-order valence-corrected chi connectivity index (χ3v) is 8.80. The number of anilines is 2. The van der Waals surface area contributed by atoms with Gasteiger partial charge in [0, 0.05) is 60.8 Å². The van der Waals surface area contributed by atoms with Crippen LogP contribution in [-0.2, 0) is 27.9 Å². The maximum absolute atomic E-state index is 13.0. The van der Waals surface area contributed by atoms with Gasteiger partial charge in [0.15, 0.2) is 0 Å². The summed E-state index contributed by atoms with van der Waals surface area (Å²) in [6.07, 6.45) is 0.574. The number of likely N-dealkylation sites (tertiary alicyclic amines) is 1. The van der Waals surface area contributed by atoms with Gasteiger partial charge in [0.2, 0.25) is 11.8 Å². The van der Waals surface area contributed by atoms with E-state index in [9.17, 15) is 32.7 Å². The second-order valence-electron chi connectivity index (χ2n) is 12.8. The molecule has 4 heterocycles. The lowest BCUT2D eigenvalue weighted by molar-refractivity contribution is -0.141. The fourth-order valence-electron chi connectivity index (χ4n) is 6.18. The minimum absolute atomic E-state index is 0.0541. The van der Waals surface area contributed by atoms with E-state index in [0.717, 1.165) is 60.9 Å². The average Bonchev–Trinajstić information content (AvgIpc) is 3.45. The predicted molar refractivity (Wildman–Crippen MR) is 172 cm³/mol. The molecule has 0 saturated carbocycles. The number of alkyl halides is 3. The van der Waals surface area contributed by atoms with Crippen molar-refractivity contribution in [2.45, 2.75) is 69.9 Å². The van der Waals surface area contributed by atoms with Gasteiger partial charge in [0.1, 0.15) is 11.7 Å². The van der Waals surface area contributed by atoms with Gasteiger partial charge >= 0.3 is 6.18 Å². The van der Waals surface area contributed by atoms with Crippen molar-refractivity contribution in [2.24, 2.45) is 0 Å². The van der Waals surface area contributed by atoms with Crippen LogP contribution >= 0.6 is 0 Å². The molecule has 3 amide bonds. The summed E-state index contributed by atoms with van der Waals surface area (Å²) >= 11 is 0. The minimum atomic E-state index is -4.62. The molecule has 0 aliphatic carbocycles. The molecule has 1 unspecified atom stereocenters. The van der Waals surface area contributed by atoms with Crippen molar-refractivity contribution < 1.29 is 32.7 Å². The van der Waals surface area contributed by atoms with Crippen molar-refractivity contribution in [1.82, 2.24) is 25.0 Å². The van der Waals surface area contributed by atoms with Crippen LogP contribution in [0, 0.1) is 0 Å². The molecule has 1 atom stereocenters. The fraction of sp³-hybridized carbons (Fsp3) is 0.382. The third kappa shape index (κ3) is 7.34. The standard InChI is InChI=1S/C34H36F3N7O4/c1-33(2,48)24-16-27-22(15-28(24)40-31(46)20-7-9-29(38-17-20)34(35,36)37)19-44(42-27)23-11-13-43(14-12-23)18-21-5-3-4-6-25(21)39-26-8-10-30(45)41-32(26)47/h3-7,9,15-17,19,23,26,39,48H,8,10-14,18H2,1-2H3,(H,40,46)(H,41,45,47). The number of amides is 3. The number of aliphatic hydroxyl groups is 1. The van der Waals surface area contributed by atoms with Crippen molar-refractivity contribution in [2.75, 3.05) is 23.7 Å². The number of aromatic nitrogens is 3. The molecule has 48 heavy (non-hydrogen) atoms. The van der Waals surface area contributed by atoms with Gasteiger partial charge in [0.25, 0.3) is 5.91 Å². The normalized spacial score (nSPS) is 18.2. The molecule has 0 spiro atoms. The van der Waals surface area contributed by atoms with Crippen LogP contribution in [-0.4, -0.2) is 61.6 Å². The predicted octanol–water partition coefficient (Wildman–Crippen LogP) is 4.98. The first-order chi connectivity index (χ1) is 22.7. The number of nitrogens with zero attached hydrogens (tertiary/aromatic N) is 4. The molecule has 2 aliphatic heterocycles. The van der Waals surface area contributed by atoms with E-state index < -0.39 is 29.4 Å². The summed E-state index contributed by atoms with van der Waals surface area (Å²) in [7, 11) is 0. The molecule has 4 aromatic rings. The van der Waals surface area contributed by atoms with E-state index in [1.807, 2.05) is 35.1 Å². The van der Waals surface area contributed by atoms with E-state index in [1.165, 1.54) is 0 Å². The van der Waals surface area contributed by atoms with Gasteiger partial charge in [0.05, 0.1) is 22.7 Å². The van der Waals surface area contributed by atoms with E-state index in [-0.39, 0.29) is 23.4 Å². The minimum Gasteiger partial charge on any atom is -0.386 e. The largest absolute Gasteiger partial charge is 0.433 e. The number of piperidine rings is 2. The SMILES string of the molecule is CC(C)(O)c1cc2nn(C3CCN(Cc4ccccc4NC4CCC(=O)NC4=O)CC3)cc2cc1NC(=O)c1ccc(C(F)(F)F)nc1. The first kappa shape index (κ1) is 33.1. The van der Waals surface area contributed by atoms with E-state index in [1.54, 1.807) is 26.0 Å². The zero-order valence-corrected chi connectivity index (χ0v) is 26.5. The zero-order chi connectivity index (χ0) is 34.2. The van der Waals surface area contributed by atoms with Crippen molar-refractivity contribution in [3.8, 4) is 0 Å². The maximum atomic E-state index is 13.0. The lowest BCUT2D eigenvalue weighted by Crippen LogP contribution is -2.47. The van der Waals surface area contributed by atoms with Gasteiger partial charge in [-0.25, -0.2) is 0 Å². The van der Waals surface area contributed by atoms with Crippen molar-refractivity contribution in [1.29, 1.82) is 0 Å². The highest BCUT2D eigenvalue weighted by Gasteiger charge is 2.33. The number of rotatable bonds is 8. The van der Waals surface area contributed by atoms with Crippen LogP contribution in [0.3, 0.4) is 0 Å². The van der Waals surface area contributed by atoms with Crippen LogP contribution in [0.25, 0.3) is 10.9 Å². The van der Waals surface area contributed by atoms with Crippen LogP contribution in [0.4, 0.5) is 24.5 Å². The number of hydrogen-bond donors (Lipinski definition) is 4. The summed E-state index contributed by atoms with van der Waals surface area (Å²) in [6, 6.07) is 12.8. The average molecular weight is 664 g/mol. The number of pyridine rings is 1. The second-order valence-corrected chi connectivity index (χ2v) is 12.8. The summed E-state index contributed by atoms with van der Waals surface area (Å²) in [6.45, 7) is 5.47. The Bertz CT molecular complexity index is 1840. The Labute approximate surface area is 274 Å². The molecule has 2 saturated heterocycles. The molecule has 11 nitrogen and oxygen atoms in total.